The first-order chi connectivity index (χ1) is 19.1. The Morgan fingerprint density at radius 3 is 2.60 bits per heavy atom. The molecule has 2 aliphatic rings. The maximum absolute atomic E-state index is 15.7. The van der Waals surface area contributed by atoms with Gasteiger partial charge < -0.3 is 25.4 Å². The van der Waals surface area contributed by atoms with Crippen molar-refractivity contribution in [2.75, 3.05) is 19.8 Å². The number of halogens is 4. The van der Waals surface area contributed by atoms with Crippen molar-refractivity contribution in [1.82, 2.24) is 10.6 Å². The van der Waals surface area contributed by atoms with E-state index < -0.39 is 59.5 Å². The Morgan fingerprint density at radius 2 is 2.00 bits per heavy atom. The number of nitrogens with zero attached hydrogens (tertiary/aromatic N) is 1. The van der Waals surface area contributed by atoms with Gasteiger partial charge in [-0.25, -0.2) is 13.6 Å². The van der Waals surface area contributed by atoms with Gasteiger partial charge in [0, 0.05) is 29.8 Å². The van der Waals surface area contributed by atoms with Crippen molar-refractivity contribution in [1.29, 1.82) is 5.26 Å². The Kier molecular flexibility index (Phi) is 9.55. The Hall–Kier alpha value is -2.52. The van der Waals surface area contributed by atoms with Gasteiger partial charge in [-0.15, -0.1) is 0 Å². The minimum absolute atomic E-state index is 0.0320. The summed E-state index contributed by atoms with van der Waals surface area (Å²) >= 11 is 12.1. The predicted octanol–water partition coefficient (Wildman–Crippen LogP) is 4.14. The van der Waals surface area contributed by atoms with Crippen LogP contribution < -0.4 is 10.6 Å². The highest BCUT2D eigenvalue weighted by atomic mass is 35.5. The largest absolute Gasteiger partial charge is 0.430 e. The molecule has 2 fully saturated rings. The summed E-state index contributed by atoms with van der Waals surface area (Å²) < 4.78 is 37.0. The van der Waals surface area contributed by atoms with Crippen molar-refractivity contribution >= 4 is 29.3 Å². The molecule has 1 heterocycles. The molecule has 8 nitrogen and oxygen atoms in total. The van der Waals surface area contributed by atoms with Crippen LogP contribution in [0.25, 0.3) is 0 Å². The van der Waals surface area contributed by atoms with Gasteiger partial charge in [0.1, 0.15) is 17.0 Å². The molecule has 1 saturated carbocycles. The smallest absolute Gasteiger partial charge is 0.408 e. The lowest BCUT2D eigenvalue weighted by Gasteiger charge is -2.45. The van der Waals surface area contributed by atoms with E-state index in [1.54, 1.807) is 0 Å². The minimum Gasteiger partial charge on any atom is -0.430 e. The number of nitriles is 1. The lowest BCUT2D eigenvalue weighted by atomic mass is 9.59. The zero-order valence-electron chi connectivity index (χ0n) is 21.5. The van der Waals surface area contributed by atoms with Gasteiger partial charge in [0.25, 0.3) is 0 Å². The number of hydrogen-bond acceptors (Lipinski definition) is 7. The van der Waals surface area contributed by atoms with Gasteiger partial charge in [-0.2, -0.15) is 5.26 Å². The Balaban J connectivity index is 1.83. The van der Waals surface area contributed by atoms with E-state index in [2.05, 4.69) is 16.7 Å². The van der Waals surface area contributed by atoms with Crippen LogP contribution in [-0.2, 0) is 10.2 Å². The van der Waals surface area contributed by atoms with Crippen LogP contribution in [0, 0.1) is 28.4 Å². The van der Waals surface area contributed by atoms with Crippen molar-refractivity contribution in [3.05, 3.63) is 69.2 Å². The molecule has 5 atom stereocenters. The first-order valence-corrected chi connectivity index (χ1v) is 13.8. The molecule has 40 heavy (non-hydrogen) atoms. The normalized spacial score (nSPS) is 26.0. The molecule has 216 valence electrons. The Bertz CT molecular complexity index is 1270. The van der Waals surface area contributed by atoms with E-state index in [0.717, 1.165) is 12.5 Å². The summed E-state index contributed by atoms with van der Waals surface area (Å²) in [5.41, 5.74) is -2.47. The Morgan fingerprint density at radius 1 is 1.25 bits per heavy atom. The number of nitrogens with one attached hydrogen (secondary N) is 2. The standard InChI is InChI=1S/C28H31Cl2F2N3O5/c29-16-5-6-19(21(31)11-16)28(14-33)22(12-27(15-37)8-2-9-27)35-25(40-26(39)34-10-7-17(38)13-36)23(28)18-3-1-4-20(30)24(18)32/h1,3-6,11,17,22-23,25,35-38H,2,7-10,12-13,15H2,(H,34,39)/t17-,22-,23-,25+,28-/m0/s1. The molecule has 2 aromatic carbocycles. The maximum atomic E-state index is 15.7. The molecular weight excluding hydrogens is 567 g/mol. The number of benzene rings is 2. The van der Waals surface area contributed by atoms with Crippen molar-refractivity contribution < 1.29 is 33.6 Å². The summed E-state index contributed by atoms with van der Waals surface area (Å²) in [5, 5.41) is 45.1. The summed E-state index contributed by atoms with van der Waals surface area (Å²) in [6.45, 7) is -0.677. The van der Waals surface area contributed by atoms with Gasteiger partial charge in [-0.05, 0) is 54.9 Å². The molecular formula is C28H31Cl2F2N3O5. The van der Waals surface area contributed by atoms with Crippen LogP contribution in [0.2, 0.25) is 10.0 Å². The predicted molar refractivity (Wildman–Crippen MR) is 144 cm³/mol. The van der Waals surface area contributed by atoms with E-state index in [0.29, 0.717) is 12.8 Å². The van der Waals surface area contributed by atoms with Gasteiger partial charge in [-0.1, -0.05) is 47.8 Å². The lowest BCUT2D eigenvalue weighted by Crippen LogP contribution is -2.48. The molecule has 0 bridgehead atoms. The van der Waals surface area contributed by atoms with Crippen LogP contribution in [0.4, 0.5) is 13.6 Å². The summed E-state index contributed by atoms with van der Waals surface area (Å²) in [6, 6.07) is 9.48. The summed E-state index contributed by atoms with van der Waals surface area (Å²) in [5.74, 6) is -2.89. The van der Waals surface area contributed by atoms with E-state index in [1.165, 1.54) is 30.3 Å². The van der Waals surface area contributed by atoms with Crippen LogP contribution in [0.15, 0.2) is 36.4 Å². The second-order valence-electron chi connectivity index (χ2n) is 10.5. The first-order valence-electron chi connectivity index (χ1n) is 13.0. The number of carbonyl (C=O) groups is 1. The molecule has 4 rings (SSSR count). The highest BCUT2D eigenvalue weighted by Crippen LogP contribution is 2.55. The van der Waals surface area contributed by atoms with Gasteiger partial charge in [0.15, 0.2) is 6.23 Å². The zero-order valence-corrected chi connectivity index (χ0v) is 23.1. The Labute approximate surface area is 240 Å². The van der Waals surface area contributed by atoms with E-state index in [9.17, 15) is 20.3 Å². The van der Waals surface area contributed by atoms with Crippen LogP contribution in [0.5, 0.6) is 0 Å². The van der Waals surface area contributed by atoms with Crippen LogP contribution in [-0.4, -0.2) is 59.5 Å². The molecule has 0 radical (unpaired) electrons. The van der Waals surface area contributed by atoms with Gasteiger partial charge in [-0.3, -0.25) is 5.32 Å². The molecule has 12 heteroatoms. The fraction of sp³-hybridized carbons (Fsp3) is 0.500. The van der Waals surface area contributed by atoms with Gasteiger partial charge in [0.2, 0.25) is 0 Å². The lowest BCUT2D eigenvalue weighted by molar-refractivity contribution is 0.0204. The summed E-state index contributed by atoms with van der Waals surface area (Å²) in [4.78, 5) is 12.8. The third kappa shape index (κ3) is 5.77. The molecule has 5 N–H and O–H groups in total. The molecule has 1 aliphatic carbocycles. The third-order valence-corrected chi connectivity index (χ3v) is 8.69. The molecule has 1 saturated heterocycles. The highest BCUT2D eigenvalue weighted by Gasteiger charge is 2.62. The molecule has 0 unspecified atom stereocenters. The zero-order chi connectivity index (χ0) is 29.1. The van der Waals surface area contributed by atoms with Crippen LogP contribution in [0.1, 0.15) is 49.1 Å². The number of rotatable bonds is 10. The van der Waals surface area contributed by atoms with Crippen LogP contribution >= 0.6 is 23.2 Å². The van der Waals surface area contributed by atoms with Crippen molar-refractivity contribution in [2.24, 2.45) is 5.41 Å². The second kappa shape index (κ2) is 12.6. The average molecular weight is 598 g/mol. The minimum atomic E-state index is -1.81. The molecule has 1 amide bonds. The fourth-order valence-corrected chi connectivity index (χ4v) is 6.23. The van der Waals surface area contributed by atoms with E-state index >= 15 is 8.78 Å². The first kappa shape index (κ1) is 30.4. The number of alkyl carbamates (subject to hydrolysis) is 1. The van der Waals surface area contributed by atoms with Crippen molar-refractivity contribution in [2.45, 2.75) is 61.8 Å². The molecule has 0 spiro atoms. The fourth-order valence-electron chi connectivity index (χ4n) is 5.89. The van der Waals surface area contributed by atoms with E-state index in [-0.39, 0.29) is 47.2 Å². The number of carbonyl (C=O) groups excluding carboxylic acids is 1. The molecule has 2 aromatic rings. The molecule has 0 aromatic heterocycles. The van der Waals surface area contributed by atoms with Gasteiger partial charge >= 0.3 is 6.09 Å². The SMILES string of the molecule is N#C[C@]1(c2ccc(Cl)cc2F)[C@H](CC2(CO)CCC2)N[C@H](OC(=O)NCC[C@H](O)CO)[C@@H]1c1cccc(Cl)c1F. The maximum Gasteiger partial charge on any atom is 0.408 e. The summed E-state index contributed by atoms with van der Waals surface area (Å²) in [7, 11) is 0. The number of hydrogen-bond donors (Lipinski definition) is 5. The number of aliphatic hydroxyl groups excluding tert-OH is 3. The van der Waals surface area contributed by atoms with E-state index in [4.69, 9.17) is 33.0 Å². The number of aliphatic hydroxyl groups is 3. The van der Waals surface area contributed by atoms with Crippen LogP contribution in [0.3, 0.4) is 0 Å². The third-order valence-electron chi connectivity index (χ3n) is 8.17. The molecule has 1 aliphatic heterocycles. The monoisotopic (exact) mass is 597 g/mol. The second-order valence-corrected chi connectivity index (χ2v) is 11.4. The van der Waals surface area contributed by atoms with E-state index in [1.807, 2.05) is 0 Å². The number of amides is 1. The average Bonchev–Trinajstić information content (AvgIpc) is 3.20. The van der Waals surface area contributed by atoms with Crippen molar-refractivity contribution in [3.63, 3.8) is 0 Å². The quantitative estimate of drug-likeness (QED) is 0.278. The van der Waals surface area contributed by atoms with Gasteiger partial charge in [0.05, 0.1) is 29.7 Å². The number of ether oxygens (including phenoxy) is 1. The van der Waals surface area contributed by atoms with Crippen molar-refractivity contribution in [3.8, 4) is 6.07 Å². The topological polar surface area (TPSA) is 135 Å². The highest BCUT2D eigenvalue weighted by molar-refractivity contribution is 6.31. The summed E-state index contributed by atoms with van der Waals surface area (Å²) in [6.07, 6.45) is -0.776.